The number of piperidine rings is 2. The van der Waals surface area contributed by atoms with Crippen molar-refractivity contribution in [3.63, 3.8) is 0 Å². The molecule has 0 saturated carbocycles. The molecule has 0 N–H and O–H groups in total. The summed E-state index contributed by atoms with van der Waals surface area (Å²) >= 11 is 0. The molecule has 0 radical (unpaired) electrons. The van der Waals surface area contributed by atoms with E-state index in [1.54, 1.807) is 43.2 Å². The van der Waals surface area contributed by atoms with Crippen molar-refractivity contribution >= 4 is 23.0 Å². The molecule has 13 nitrogen and oxygen atoms in total. The quantitative estimate of drug-likeness (QED) is 0.119. The monoisotopic (exact) mass is 867 g/mol. The standard InChI is InChI=1S/C51H57N5O8/c1-51(2,3)64-50(59)53-24-22-40(42(31-53)36-15-11-8-12-16-36)49(58)56-25-21-35(27-43(56)37-17-19-39(20-18-37)63-32-34-13-9-7-10-14-34)30-54-33-52-47-41(48(54)57)23-26-55(47)38-28-44(60-4)46(62-6)45(29-38)61-5/h7-20,23,26,28-29,33,35,40,42-43H,21-22,24-25,27,30-32H2,1-6H3/t35?,40-,42+,43?/m1/s1. The van der Waals surface area contributed by atoms with Gasteiger partial charge in [0.25, 0.3) is 5.56 Å². The lowest BCUT2D eigenvalue weighted by Gasteiger charge is -2.45. The molecule has 0 spiro atoms. The summed E-state index contributed by atoms with van der Waals surface area (Å²) in [5.74, 6) is 1.75. The van der Waals surface area contributed by atoms with Gasteiger partial charge >= 0.3 is 6.09 Å². The van der Waals surface area contributed by atoms with Crippen molar-refractivity contribution in [2.75, 3.05) is 41.0 Å². The van der Waals surface area contributed by atoms with Crippen molar-refractivity contribution in [1.82, 2.24) is 23.9 Å². The van der Waals surface area contributed by atoms with Crippen LogP contribution in [-0.4, -0.2) is 82.5 Å². The van der Waals surface area contributed by atoms with Gasteiger partial charge in [-0.05, 0) is 80.8 Å². The van der Waals surface area contributed by atoms with Gasteiger partial charge in [0.1, 0.15) is 18.0 Å². The molecule has 13 heteroatoms. The predicted octanol–water partition coefficient (Wildman–Crippen LogP) is 8.81. The Hall–Kier alpha value is -6.76. The number of benzene rings is 4. The van der Waals surface area contributed by atoms with Crippen LogP contribution in [0.2, 0.25) is 0 Å². The number of ether oxygens (including phenoxy) is 5. The average Bonchev–Trinajstić information content (AvgIpc) is 3.76. The molecular weight excluding hydrogens is 811 g/mol. The Balaban J connectivity index is 1.07. The van der Waals surface area contributed by atoms with Crippen LogP contribution in [0.1, 0.15) is 68.7 Å². The summed E-state index contributed by atoms with van der Waals surface area (Å²) in [6.45, 7) is 7.78. The molecule has 0 aliphatic carbocycles. The van der Waals surface area contributed by atoms with E-state index in [1.807, 2.05) is 121 Å². The fraction of sp³-hybridized carbons (Fsp3) is 0.373. The minimum Gasteiger partial charge on any atom is -0.493 e. The van der Waals surface area contributed by atoms with E-state index in [1.165, 1.54) is 0 Å². The molecule has 2 aliphatic heterocycles. The van der Waals surface area contributed by atoms with E-state index >= 15 is 4.79 Å². The summed E-state index contributed by atoms with van der Waals surface area (Å²) < 4.78 is 32.1. The lowest BCUT2D eigenvalue weighted by atomic mass is 9.78. The maximum absolute atomic E-state index is 15.1. The summed E-state index contributed by atoms with van der Waals surface area (Å²) in [5.41, 5.74) is 3.52. The summed E-state index contributed by atoms with van der Waals surface area (Å²) in [4.78, 5) is 51.2. The van der Waals surface area contributed by atoms with Gasteiger partial charge in [0.05, 0.1) is 44.8 Å². The van der Waals surface area contributed by atoms with Gasteiger partial charge in [-0.25, -0.2) is 9.78 Å². The molecule has 334 valence electrons. The van der Waals surface area contributed by atoms with Crippen LogP contribution in [0.15, 0.2) is 120 Å². The normalized spacial score (nSPS) is 19.0. The largest absolute Gasteiger partial charge is 0.493 e. The Labute approximate surface area is 374 Å². The smallest absolute Gasteiger partial charge is 0.410 e. The van der Waals surface area contributed by atoms with Gasteiger partial charge in [-0.3, -0.25) is 14.2 Å². The molecule has 4 aromatic carbocycles. The van der Waals surface area contributed by atoms with Crippen LogP contribution >= 0.6 is 0 Å². The van der Waals surface area contributed by atoms with Crippen molar-refractivity contribution < 1.29 is 33.3 Å². The lowest BCUT2D eigenvalue weighted by molar-refractivity contribution is -0.143. The van der Waals surface area contributed by atoms with E-state index in [2.05, 4.69) is 12.1 Å². The summed E-state index contributed by atoms with van der Waals surface area (Å²) in [7, 11) is 4.68. The molecule has 2 unspecified atom stereocenters. The van der Waals surface area contributed by atoms with Crippen LogP contribution in [0.3, 0.4) is 0 Å². The SMILES string of the molecule is COc1cc(-n2ccc3c(=O)n(CC4CCN(C(=O)[C@@H]5CCN(C(=O)OC(C)(C)C)C[C@H]5c5ccccc5)C(c5ccc(OCc6ccccc6)cc5)C4)cnc32)cc(OC)c1OC. The van der Waals surface area contributed by atoms with Gasteiger partial charge in [-0.1, -0.05) is 72.8 Å². The molecule has 2 aliphatic rings. The third kappa shape index (κ3) is 9.44. The van der Waals surface area contributed by atoms with Crippen molar-refractivity contribution in [2.45, 2.75) is 70.7 Å². The second-order valence-electron chi connectivity index (χ2n) is 17.6. The highest BCUT2D eigenvalue weighted by atomic mass is 16.6. The van der Waals surface area contributed by atoms with Crippen molar-refractivity contribution in [2.24, 2.45) is 11.8 Å². The van der Waals surface area contributed by atoms with Gasteiger partial charge in [-0.2, -0.15) is 0 Å². The number of nitrogens with zero attached hydrogens (tertiary/aromatic N) is 5. The summed E-state index contributed by atoms with van der Waals surface area (Å²) in [6.07, 6.45) is 4.91. The zero-order valence-electron chi connectivity index (χ0n) is 37.4. The Morgan fingerprint density at radius 1 is 0.797 bits per heavy atom. The number of rotatable bonds is 12. The third-order valence-electron chi connectivity index (χ3n) is 12.4. The number of carbonyl (C=O) groups is 2. The Morgan fingerprint density at radius 2 is 1.48 bits per heavy atom. The minimum atomic E-state index is -0.635. The first-order valence-electron chi connectivity index (χ1n) is 21.9. The predicted molar refractivity (Wildman–Crippen MR) is 244 cm³/mol. The van der Waals surface area contributed by atoms with E-state index in [9.17, 15) is 9.59 Å². The Kier molecular flexibility index (Phi) is 13.0. The number of likely N-dealkylation sites (tertiary alicyclic amines) is 2. The molecule has 2 saturated heterocycles. The van der Waals surface area contributed by atoms with Crippen molar-refractivity contribution in [3.8, 4) is 28.7 Å². The molecule has 4 heterocycles. The van der Waals surface area contributed by atoms with E-state index < -0.39 is 5.60 Å². The molecule has 2 amide bonds. The van der Waals surface area contributed by atoms with Crippen LogP contribution in [0.4, 0.5) is 4.79 Å². The van der Waals surface area contributed by atoms with Gasteiger partial charge in [0.15, 0.2) is 17.1 Å². The molecule has 4 atom stereocenters. The second kappa shape index (κ2) is 18.9. The first kappa shape index (κ1) is 43.9. The molecule has 64 heavy (non-hydrogen) atoms. The first-order chi connectivity index (χ1) is 30.9. The maximum atomic E-state index is 15.1. The maximum Gasteiger partial charge on any atom is 0.410 e. The topological polar surface area (TPSA) is 127 Å². The fourth-order valence-electron chi connectivity index (χ4n) is 9.18. The van der Waals surface area contributed by atoms with Crippen LogP contribution in [-0.2, 0) is 22.7 Å². The fourth-order valence-corrected chi connectivity index (χ4v) is 9.18. The minimum absolute atomic E-state index is 0.0659. The van der Waals surface area contributed by atoms with Crippen LogP contribution in [0, 0.1) is 11.8 Å². The molecule has 2 aromatic heterocycles. The lowest BCUT2D eigenvalue weighted by Crippen LogP contribution is -2.51. The number of fused-ring (bicyclic) bond motifs is 1. The van der Waals surface area contributed by atoms with Gasteiger partial charge < -0.3 is 38.1 Å². The highest BCUT2D eigenvalue weighted by Gasteiger charge is 2.43. The van der Waals surface area contributed by atoms with Crippen molar-refractivity contribution in [1.29, 1.82) is 0 Å². The van der Waals surface area contributed by atoms with Gasteiger partial charge in [-0.15, -0.1) is 0 Å². The number of methoxy groups -OCH3 is 3. The Morgan fingerprint density at radius 3 is 2.14 bits per heavy atom. The zero-order chi connectivity index (χ0) is 45.0. The van der Waals surface area contributed by atoms with E-state index in [4.69, 9.17) is 28.7 Å². The average molecular weight is 868 g/mol. The molecule has 0 bridgehead atoms. The van der Waals surface area contributed by atoms with Gasteiger partial charge in [0.2, 0.25) is 11.7 Å². The molecule has 2 fully saturated rings. The second-order valence-corrected chi connectivity index (χ2v) is 17.6. The highest BCUT2D eigenvalue weighted by molar-refractivity contribution is 5.81. The zero-order valence-corrected chi connectivity index (χ0v) is 37.4. The number of aromatic nitrogens is 3. The van der Waals surface area contributed by atoms with Crippen LogP contribution < -0.4 is 24.5 Å². The van der Waals surface area contributed by atoms with Crippen LogP contribution in [0.5, 0.6) is 23.0 Å². The molecular formula is C51H57N5O8. The summed E-state index contributed by atoms with van der Waals surface area (Å²) in [5, 5.41) is 0.483. The van der Waals surface area contributed by atoms with E-state index in [-0.39, 0.29) is 41.4 Å². The molecule has 6 aromatic rings. The number of amides is 2. The van der Waals surface area contributed by atoms with E-state index in [0.717, 1.165) is 22.4 Å². The molecule has 8 rings (SSSR count). The van der Waals surface area contributed by atoms with E-state index in [0.29, 0.717) is 86.0 Å². The summed E-state index contributed by atoms with van der Waals surface area (Å²) in [6, 6.07) is 33.3. The number of hydrogen-bond acceptors (Lipinski definition) is 9. The number of hydrogen-bond donors (Lipinski definition) is 0. The van der Waals surface area contributed by atoms with Crippen LogP contribution in [0.25, 0.3) is 16.7 Å². The third-order valence-corrected chi connectivity index (χ3v) is 12.4. The highest BCUT2D eigenvalue weighted by Crippen LogP contribution is 2.42. The van der Waals surface area contributed by atoms with Crippen molar-refractivity contribution in [3.05, 3.63) is 143 Å². The first-order valence-corrected chi connectivity index (χ1v) is 21.9. The van der Waals surface area contributed by atoms with Gasteiger partial charge in [0, 0.05) is 56.3 Å². The number of carbonyl (C=O) groups excluding carboxylic acids is 2. The Bertz CT molecular complexity index is 2600.